The van der Waals surface area contributed by atoms with Crippen LogP contribution in [0.4, 0.5) is 11.4 Å². The maximum Gasteiger partial charge on any atom is 0.339 e. The highest BCUT2D eigenvalue weighted by molar-refractivity contribution is 9.10. The predicted molar refractivity (Wildman–Crippen MR) is 116 cm³/mol. The Kier molecular flexibility index (Phi) is 6.78. The molecule has 3 aromatic rings. The van der Waals surface area contributed by atoms with E-state index in [0.717, 1.165) is 4.47 Å². The highest BCUT2D eigenvalue weighted by Gasteiger charge is 2.21. The Bertz CT molecular complexity index is 1160. The summed E-state index contributed by atoms with van der Waals surface area (Å²) in [6.45, 7) is 0.217. The number of hydrogen-bond donors (Lipinski definition) is 3. The summed E-state index contributed by atoms with van der Waals surface area (Å²) in [6.07, 6.45) is 0. The Morgan fingerprint density at radius 1 is 0.897 bits per heavy atom. The van der Waals surface area contributed by atoms with Crippen molar-refractivity contribution in [2.75, 3.05) is 10.0 Å². The predicted octanol–water partition coefficient (Wildman–Crippen LogP) is 3.77. The van der Waals surface area contributed by atoms with E-state index in [0.29, 0.717) is 16.9 Å². The minimum atomic E-state index is -4.02. The van der Waals surface area contributed by atoms with Gasteiger partial charge in [-0.05, 0) is 60.2 Å². The maximum absolute atomic E-state index is 12.8. The minimum absolute atomic E-state index is 0.0543. The van der Waals surface area contributed by atoms with E-state index >= 15 is 0 Å². The van der Waals surface area contributed by atoms with Crippen molar-refractivity contribution >= 4 is 48.3 Å². The van der Waals surface area contributed by atoms with E-state index in [1.54, 1.807) is 66.7 Å². The van der Waals surface area contributed by atoms with Crippen LogP contribution < -0.4 is 14.2 Å². The number of benzene rings is 3. The Morgan fingerprint density at radius 2 is 1.55 bits per heavy atom. The zero-order chi connectivity index (χ0) is 20.9. The third-order valence-corrected chi connectivity index (χ3v) is 6.11. The lowest BCUT2D eigenvalue weighted by molar-refractivity contribution is 0.485. The van der Waals surface area contributed by atoms with Gasteiger partial charge in [-0.3, -0.25) is 4.72 Å². The Balaban J connectivity index is 1.80. The molecule has 3 rings (SSSR count). The lowest BCUT2D eigenvalue weighted by atomic mass is 10.2. The molecular formula is C19H17BrN2O5S2. The molecule has 152 valence electrons. The SMILES string of the molecule is O=[SH](=O)Nc1ccc(NCc2cc(Br)ccc2S(=O)(=O)Oc2ccccc2)cc1. The average molecular weight is 497 g/mol. The highest BCUT2D eigenvalue weighted by atomic mass is 79.9. The minimum Gasteiger partial charge on any atom is -0.381 e. The van der Waals surface area contributed by atoms with Gasteiger partial charge in [0.05, 0.1) is 0 Å². The number of rotatable bonds is 8. The van der Waals surface area contributed by atoms with Gasteiger partial charge in [-0.2, -0.15) is 8.42 Å². The molecule has 10 heteroatoms. The monoisotopic (exact) mass is 496 g/mol. The molecule has 3 aromatic carbocycles. The molecule has 0 aliphatic heterocycles. The van der Waals surface area contributed by atoms with Gasteiger partial charge in [-0.25, -0.2) is 8.42 Å². The van der Waals surface area contributed by atoms with Gasteiger partial charge in [0.2, 0.25) is 10.9 Å². The van der Waals surface area contributed by atoms with E-state index in [9.17, 15) is 16.8 Å². The first-order valence-corrected chi connectivity index (χ1v) is 11.7. The zero-order valence-electron chi connectivity index (χ0n) is 14.9. The van der Waals surface area contributed by atoms with Gasteiger partial charge in [0.15, 0.2) is 0 Å². The third-order valence-electron chi connectivity index (χ3n) is 3.83. The number of hydrogen-bond acceptors (Lipinski definition) is 6. The second kappa shape index (κ2) is 9.29. The molecule has 0 spiro atoms. The summed E-state index contributed by atoms with van der Waals surface area (Å²) in [6, 6.07) is 19.7. The van der Waals surface area contributed by atoms with Crippen molar-refractivity contribution in [3.8, 4) is 5.75 Å². The van der Waals surface area contributed by atoms with Crippen molar-refractivity contribution in [1.82, 2.24) is 0 Å². The molecule has 0 radical (unpaired) electrons. The molecule has 2 N–H and O–H groups in total. The summed E-state index contributed by atoms with van der Waals surface area (Å²) < 4.78 is 55.2. The van der Waals surface area contributed by atoms with Gasteiger partial charge in [-0.15, -0.1) is 0 Å². The summed E-state index contributed by atoms with van der Waals surface area (Å²) in [5.74, 6) is 0.231. The van der Waals surface area contributed by atoms with Gasteiger partial charge < -0.3 is 9.50 Å². The van der Waals surface area contributed by atoms with Gasteiger partial charge in [-0.1, -0.05) is 34.1 Å². The van der Waals surface area contributed by atoms with Crippen LogP contribution >= 0.6 is 15.9 Å². The molecule has 0 heterocycles. The molecule has 29 heavy (non-hydrogen) atoms. The van der Waals surface area contributed by atoms with Crippen LogP contribution in [0.5, 0.6) is 5.75 Å². The van der Waals surface area contributed by atoms with Crippen LogP contribution in [0.1, 0.15) is 5.56 Å². The summed E-state index contributed by atoms with van der Waals surface area (Å²) >= 11 is 3.36. The molecule has 0 atom stereocenters. The van der Waals surface area contributed by atoms with Crippen LogP contribution in [0.2, 0.25) is 0 Å². The van der Waals surface area contributed by atoms with E-state index < -0.39 is 21.0 Å². The fourth-order valence-electron chi connectivity index (χ4n) is 2.54. The van der Waals surface area contributed by atoms with Crippen LogP contribution in [0.25, 0.3) is 0 Å². The summed E-state index contributed by atoms with van der Waals surface area (Å²) in [4.78, 5) is 0.0543. The van der Waals surface area contributed by atoms with Gasteiger partial charge >= 0.3 is 10.1 Å². The van der Waals surface area contributed by atoms with E-state index in [1.165, 1.54) is 6.07 Å². The highest BCUT2D eigenvalue weighted by Crippen LogP contribution is 2.25. The van der Waals surface area contributed by atoms with Crippen LogP contribution in [0.15, 0.2) is 82.2 Å². The van der Waals surface area contributed by atoms with Crippen molar-refractivity contribution in [3.63, 3.8) is 0 Å². The first-order chi connectivity index (χ1) is 13.8. The fraction of sp³-hybridized carbons (Fsp3) is 0.0526. The third kappa shape index (κ3) is 5.96. The van der Waals surface area contributed by atoms with Crippen LogP contribution in [0.3, 0.4) is 0 Å². The first-order valence-electron chi connectivity index (χ1n) is 8.36. The zero-order valence-corrected chi connectivity index (χ0v) is 18.2. The number of anilines is 2. The lowest BCUT2D eigenvalue weighted by Crippen LogP contribution is -2.14. The quantitative estimate of drug-likeness (QED) is 0.324. The summed E-state index contributed by atoms with van der Waals surface area (Å²) in [5.41, 5.74) is 1.65. The van der Waals surface area contributed by atoms with Gasteiger partial charge in [0.1, 0.15) is 10.6 Å². The molecule has 0 aliphatic carbocycles. The molecule has 0 unspecified atom stereocenters. The Labute approximate surface area is 179 Å². The van der Waals surface area contributed by atoms with Crippen LogP contribution in [-0.4, -0.2) is 16.8 Å². The molecule has 0 amide bonds. The van der Waals surface area contributed by atoms with Crippen molar-refractivity contribution in [2.24, 2.45) is 0 Å². The fourth-order valence-corrected chi connectivity index (χ4v) is 4.45. The van der Waals surface area contributed by atoms with Crippen molar-refractivity contribution in [3.05, 3.63) is 82.8 Å². The second-order valence-electron chi connectivity index (χ2n) is 5.90. The Morgan fingerprint density at radius 3 is 2.21 bits per heavy atom. The number of halogens is 1. The Hall–Kier alpha value is -2.56. The summed E-state index contributed by atoms with van der Waals surface area (Å²) in [5, 5.41) is 3.13. The molecule has 7 nitrogen and oxygen atoms in total. The molecule has 0 bridgehead atoms. The van der Waals surface area contributed by atoms with E-state index in [2.05, 4.69) is 26.0 Å². The average Bonchev–Trinajstić information content (AvgIpc) is 2.67. The van der Waals surface area contributed by atoms with Gasteiger partial charge in [0.25, 0.3) is 0 Å². The van der Waals surface area contributed by atoms with Crippen LogP contribution in [0, 0.1) is 0 Å². The standard InChI is InChI=1S/C19H17BrN2O5S2/c20-15-6-11-19(29(25,26)27-18-4-2-1-3-5-18)14(12-15)13-21-16-7-9-17(10-8-16)22-28(23)24/h1-12,21,28H,13H2,(H,22,23,24). The first kappa shape index (κ1) is 21.2. The lowest BCUT2D eigenvalue weighted by Gasteiger charge is -2.13. The van der Waals surface area contributed by atoms with E-state index in [-0.39, 0.29) is 17.2 Å². The topological polar surface area (TPSA) is 102 Å². The molecule has 0 aromatic heterocycles. The van der Waals surface area contributed by atoms with Gasteiger partial charge in [0, 0.05) is 22.4 Å². The second-order valence-corrected chi connectivity index (χ2v) is 9.07. The van der Waals surface area contributed by atoms with E-state index in [1.807, 2.05) is 0 Å². The summed E-state index contributed by atoms with van der Waals surface area (Å²) in [7, 11) is -6.75. The normalized spacial score (nSPS) is 11.2. The number of nitrogens with one attached hydrogen (secondary N) is 2. The molecule has 0 fully saturated rings. The van der Waals surface area contributed by atoms with Crippen molar-refractivity contribution in [1.29, 1.82) is 0 Å². The number of para-hydroxylation sites is 1. The molecule has 0 saturated carbocycles. The number of thiol groups is 1. The molecule has 0 aliphatic rings. The molecular weight excluding hydrogens is 480 g/mol. The van der Waals surface area contributed by atoms with Crippen molar-refractivity contribution < 1.29 is 21.0 Å². The maximum atomic E-state index is 12.8. The van der Waals surface area contributed by atoms with Crippen LogP contribution in [-0.2, 0) is 27.6 Å². The smallest absolute Gasteiger partial charge is 0.339 e. The van der Waals surface area contributed by atoms with E-state index in [4.69, 9.17) is 4.18 Å². The van der Waals surface area contributed by atoms with Crippen molar-refractivity contribution in [2.45, 2.75) is 11.4 Å². The molecule has 0 saturated heterocycles. The largest absolute Gasteiger partial charge is 0.381 e.